The Hall–Kier alpha value is -2.93. The minimum atomic E-state index is -0.246. The second-order valence-electron chi connectivity index (χ2n) is 7.84. The van der Waals surface area contributed by atoms with E-state index >= 15 is 0 Å². The highest BCUT2D eigenvalue weighted by Crippen LogP contribution is 2.15. The first-order valence-electron chi connectivity index (χ1n) is 10.7. The number of halogens is 1. The summed E-state index contributed by atoms with van der Waals surface area (Å²) in [6, 6.07) is 14.0. The van der Waals surface area contributed by atoms with Crippen LogP contribution < -0.4 is 10.6 Å². The highest BCUT2D eigenvalue weighted by Gasteiger charge is 2.26. The number of benzene rings is 2. The molecule has 0 saturated carbocycles. The topological polar surface area (TPSA) is 66.0 Å². The van der Waals surface area contributed by atoms with Crippen molar-refractivity contribution in [3.63, 3.8) is 0 Å². The van der Waals surface area contributed by atoms with Crippen LogP contribution in [0.15, 0.2) is 53.5 Å². The summed E-state index contributed by atoms with van der Waals surface area (Å²) in [6.07, 6.45) is 0.0985. The molecule has 6 nitrogen and oxygen atoms in total. The smallest absolute Gasteiger partial charge is 0.254 e. The maximum Gasteiger partial charge on any atom is 0.254 e. The van der Waals surface area contributed by atoms with Gasteiger partial charge in [0.2, 0.25) is 0 Å². The monoisotopic (exact) mass is 426 g/mol. The molecule has 0 aliphatic carbocycles. The number of morpholine rings is 1. The Morgan fingerprint density at radius 3 is 2.26 bits per heavy atom. The highest BCUT2D eigenvalue weighted by atomic mass is 19.1. The third-order valence-electron chi connectivity index (χ3n) is 5.04. The molecule has 2 N–H and O–H groups in total. The van der Waals surface area contributed by atoms with Crippen LogP contribution in [0.25, 0.3) is 0 Å². The Labute approximate surface area is 183 Å². The molecule has 1 aliphatic heterocycles. The summed E-state index contributed by atoms with van der Waals surface area (Å²) in [5.74, 6) is 0.471. The second kappa shape index (κ2) is 10.9. The first kappa shape index (κ1) is 22.7. The molecule has 2 unspecified atom stereocenters. The van der Waals surface area contributed by atoms with Crippen LogP contribution in [-0.4, -0.2) is 48.6 Å². The molecule has 2 atom stereocenters. The van der Waals surface area contributed by atoms with E-state index in [2.05, 4.69) is 15.6 Å². The second-order valence-corrected chi connectivity index (χ2v) is 7.84. The van der Waals surface area contributed by atoms with Gasteiger partial charge < -0.3 is 20.3 Å². The van der Waals surface area contributed by atoms with E-state index in [1.807, 2.05) is 49.9 Å². The van der Waals surface area contributed by atoms with Gasteiger partial charge in [0.25, 0.3) is 5.91 Å². The largest absolute Gasteiger partial charge is 0.372 e. The van der Waals surface area contributed by atoms with Crippen molar-refractivity contribution in [2.45, 2.75) is 46.1 Å². The fraction of sp³-hybridized carbons (Fsp3) is 0.417. The molecule has 1 heterocycles. The number of hydrogen-bond donors (Lipinski definition) is 2. The van der Waals surface area contributed by atoms with Gasteiger partial charge in [-0.15, -0.1) is 0 Å². The van der Waals surface area contributed by atoms with Crippen LogP contribution >= 0.6 is 0 Å². The lowest BCUT2D eigenvalue weighted by atomic mass is 10.1. The zero-order valence-electron chi connectivity index (χ0n) is 18.4. The van der Waals surface area contributed by atoms with Gasteiger partial charge >= 0.3 is 0 Å². The Morgan fingerprint density at radius 1 is 1.03 bits per heavy atom. The van der Waals surface area contributed by atoms with E-state index in [-0.39, 0.29) is 23.9 Å². The molecule has 3 rings (SSSR count). The highest BCUT2D eigenvalue weighted by molar-refractivity contribution is 5.94. The summed E-state index contributed by atoms with van der Waals surface area (Å²) in [4.78, 5) is 19.3. The molecule has 2 aromatic carbocycles. The minimum Gasteiger partial charge on any atom is -0.372 e. The van der Waals surface area contributed by atoms with Gasteiger partial charge in [0, 0.05) is 31.7 Å². The molecule has 31 heavy (non-hydrogen) atoms. The van der Waals surface area contributed by atoms with E-state index < -0.39 is 0 Å². The zero-order valence-corrected chi connectivity index (χ0v) is 18.4. The summed E-state index contributed by atoms with van der Waals surface area (Å²) in [6.45, 7) is 8.98. The van der Waals surface area contributed by atoms with Gasteiger partial charge in [-0.05, 0) is 56.2 Å². The van der Waals surface area contributed by atoms with Crippen LogP contribution in [0.2, 0.25) is 0 Å². The lowest BCUT2D eigenvalue weighted by Crippen LogP contribution is -2.48. The molecule has 1 aliphatic rings. The first-order valence-corrected chi connectivity index (χ1v) is 10.7. The predicted molar refractivity (Wildman–Crippen MR) is 120 cm³/mol. The lowest BCUT2D eigenvalue weighted by molar-refractivity contribution is -0.0586. The van der Waals surface area contributed by atoms with Crippen molar-refractivity contribution in [1.82, 2.24) is 15.5 Å². The van der Waals surface area contributed by atoms with Gasteiger partial charge in [-0.1, -0.05) is 24.3 Å². The summed E-state index contributed by atoms with van der Waals surface area (Å²) in [5, 5.41) is 6.46. The van der Waals surface area contributed by atoms with Gasteiger partial charge in [-0.25, -0.2) is 9.38 Å². The van der Waals surface area contributed by atoms with E-state index in [9.17, 15) is 9.18 Å². The summed E-state index contributed by atoms with van der Waals surface area (Å²) >= 11 is 0. The molecule has 1 amide bonds. The van der Waals surface area contributed by atoms with Crippen molar-refractivity contribution in [3.8, 4) is 0 Å². The number of carbonyl (C=O) groups is 1. The van der Waals surface area contributed by atoms with Crippen molar-refractivity contribution < 1.29 is 13.9 Å². The van der Waals surface area contributed by atoms with Gasteiger partial charge in [0.05, 0.1) is 18.8 Å². The molecule has 1 saturated heterocycles. The van der Waals surface area contributed by atoms with Crippen molar-refractivity contribution in [2.24, 2.45) is 4.99 Å². The van der Waals surface area contributed by atoms with Crippen LogP contribution in [0.4, 0.5) is 4.39 Å². The van der Waals surface area contributed by atoms with Crippen molar-refractivity contribution in [2.75, 3.05) is 19.6 Å². The fourth-order valence-electron chi connectivity index (χ4n) is 3.58. The van der Waals surface area contributed by atoms with E-state index in [1.165, 1.54) is 12.1 Å². The Bertz CT molecular complexity index is 873. The summed E-state index contributed by atoms with van der Waals surface area (Å²) in [5.41, 5.74) is 2.66. The third kappa shape index (κ3) is 6.79. The number of guanidine groups is 1. The number of aliphatic imine (C=N–C) groups is 1. The molecule has 0 radical (unpaired) electrons. The van der Waals surface area contributed by atoms with E-state index in [1.54, 1.807) is 12.1 Å². The van der Waals surface area contributed by atoms with Crippen LogP contribution in [0, 0.1) is 5.82 Å². The summed E-state index contributed by atoms with van der Waals surface area (Å²) in [7, 11) is 0. The van der Waals surface area contributed by atoms with Gasteiger partial charge in [-0.2, -0.15) is 0 Å². The molecular formula is C24H31FN4O2. The predicted octanol–water partition coefficient (Wildman–Crippen LogP) is 3.33. The first-order chi connectivity index (χ1) is 14.9. The van der Waals surface area contributed by atoms with Crippen LogP contribution in [-0.2, 0) is 17.8 Å². The average Bonchev–Trinajstić information content (AvgIpc) is 2.76. The van der Waals surface area contributed by atoms with Crippen LogP contribution in [0.5, 0.6) is 0 Å². The number of ether oxygens (including phenoxy) is 1. The van der Waals surface area contributed by atoms with Gasteiger partial charge in [0.15, 0.2) is 5.96 Å². The number of hydrogen-bond acceptors (Lipinski definition) is 3. The quantitative estimate of drug-likeness (QED) is 0.549. The molecule has 0 spiro atoms. The molecule has 0 bridgehead atoms. The molecule has 1 fully saturated rings. The van der Waals surface area contributed by atoms with Gasteiger partial charge in [-0.3, -0.25) is 4.79 Å². The van der Waals surface area contributed by atoms with Crippen LogP contribution in [0.3, 0.4) is 0 Å². The van der Waals surface area contributed by atoms with Gasteiger partial charge in [0.1, 0.15) is 5.82 Å². The maximum atomic E-state index is 13.0. The SMILES string of the molecule is CCNC(=NCc1ccc(C(=O)N2CC(C)OC(C)C2)cc1)NCc1ccc(F)cc1. The molecular weight excluding hydrogens is 395 g/mol. The standard InChI is InChI=1S/C24H31FN4O2/c1-4-26-24(28-14-20-7-11-22(25)12-8-20)27-13-19-5-9-21(10-6-19)23(30)29-15-17(2)31-18(3)16-29/h5-12,17-18H,4,13-16H2,1-3H3,(H2,26,27,28). The average molecular weight is 427 g/mol. The Morgan fingerprint density at radius 2 is 1.65 bits per heavy atom. The number of nitrogens with one attached hydrogen (secondary N) is 2. The van der Waals surface area contributed by atoms with Crippen LogP contribution in [0.1, 0.15) is 42.3 Å². The fourth-order valence-corrected chi connectivity index (χ4v) is 3.58. The Kier molecular flexibility index (Phi) is 8.00. The van der Waals surface area contributed by atoms with Crippen molar-refractivity contribution in [1.29, 1.82) is 0 Å². The normalized spacial score (nSPS) is 19.2. The molecule has 166 valence electrons. The van der Waals surface area contributed by atoms with E-state index in [0.717, 1.165) is 17.7 Å². The minimum absolute atomic E-state index is 0.0337. The molecule has 7 heteroatoms. The maximum absolute atomic E-state index is 13.0. The van der Waals surface area contributed by atoms with Crippen molar-refractivity contribution >= 4 is 11.9 Å². The number of amides is 1. The zero-order chi connectivity index (χ0) is 22.2. The summed E-state index contributed by atoms with van der Waals surface area (Å²) < 4.78 is 18.8. The van der Waals surface area contributed by atoms with Crippen molar-refractivity contribution in [3.05, 3.63) is 71.0 Å². The molecule has 0 aromatic heterocycles. The molecule has 2 aromatic rings. The number of rotatable bonds is 6. The lowest BCUT2D eigenvalue weighted by Gasteiger charge is -2.35. The number of carbonyl (C=O) groups excluding carboxylic acids is 1. The van der Waals surface area contributed by atoms with E-state index in [0.29, 0.717) is 37.7 Å². The third-order valence-corrected chi connectivity index (χ3v) is 5.04. The van der Waals surface area contributed by atoms with E-state index in [4.69, 9.17) is 4.74 Å². The Balaban J connectivity index is 1.58. The number of nitrogens with zero attached hydrogens (tertiary/aromatic N) is 2.